The molecule has 1 fully saturated rings. The molecule has 1 spiro atoms. The smallest absolute Gasteiger partial charge is 0.00134 e. The van der Waals surface area contributed by atoms with Gasteiger partial charge in [0.2, 0.25) is 0 Å². The van der Waals surface area contributed by atoms with Crippen molar-refractivity contribution in [1.29, 1.82) is 0 Å². The topological polar surface area (TPSA) is 3.24 Å². The molecule has 2 aliphatic rings. The zero-order valence-electron chi connectivity index (χ0n) is 10.8. The van der Waals surface area contributed by atoms with E-state index in [0.717, 1.165) is 5.92 Å². The van der Waals surface area contributed by atoms with E-state index < -0.39 is 0 Å². The summed E-state index contributed by atoms with van der Waals surface area (Å²) in [6.45, 7) is 9.73. The quantitative estimate of drug-likeness (QED) is 0.550. The largest absolute Gasteiger partial charge is 0.306 e. The SMILES string of the molecule is CC1=C(C)C2(CCCN(C)CC2)CC1C. The first-order chi connectivity index (χ1) is 7.05. The first-order valence-electron chi connectivity index (χ1n) is 6.41. The summed E-state index contributed by atoms with van der Waals surface area (Å²) < 4.78 is 0. The number of rotatable bonds is 0. The van der Waals surface area contributed by atoms with Crippen LogP contribution in [0, 0.1) is 11.3 Å². The third-order valence-electron chi connectivity index (χ3n) is 4.99. The molecule has 0 amide bonds. The van der Waals surface area contributed by atoms with Gasteiger partial charge in [0.05, 0.1) is 0 Å². The molecular formula is C14H25N. The van der Waals surface area contributed by atoms with Gasteiger partial charge in [0.1, 0.15) is 0 Å². The minimum absolute atomic E-state index is 0.578. The molecule has 0 saturated carbocycles. The summed E-state index contributed by atoms with van der Waals surface area (Å²) in [5.74, 6) is 0.827. The Morgan fingerprint density at radius 3 is 2.53 bits per heavy atom. The molecular weight excluding hydrogens is 182 g/mol. The van der Waals surface area contributed by atoms with Crippen LogP contribution in [0.1, 0.15) is 46.5 Å². The van der Waals surface area contributed by atoms with Crippen molar-refractivity contribution >= 4 is 0 Å². The van der Waals surface area contributed by atoms with E-state index in [2.05, 4.69) is 32.7 Å². The Labute approximate surface area is 94.5 Å². The summed E-state index contributed by atoms with van der Waals surface area (Å²) in [5.41, 5.74) is 3.98. The fourth-order valence-electron chi connectivity index (χ4n) is 3.59. The second-order valence-electron chi connectivity index (χ2n) is 5.85. The third-order valence-corrected chi connectivity index (χ3v) is 4.99. The Bertz CT molecular complexity index is 279. The Balaban J connectivity index is 2.21. The van der Waals surface area contributed by atoms with Crippen molar-refractivity contribution in [3.8, 4) is 0 Å². The molecule has 1 aliphatic heterocycles. The Kier molecular flexibility index (Phi) is 2.94. The first-order valence-corrected chi connectivity index (χ1v) is 6.41. The van der Waals surface area contributed by atoms with Crippen LogP contribution < -0.4 is 0 Å². The zero-order valence-corrected chi connectivity index (χ0v) is 10.8. The van der Waals surface area contributed by atoms with Gasteiger partial charge in [0, 0.05) is 0 Å². The standard InChI is InChI=1S/C14H25N/c1-11-10-14(13(3)12(11)2)6-5-8-15(4)9-7-14/h11H,5-10H2,1-4H3. The number of nitrogens with zero attached hydrogens (tertiary/aromatic N) is 1. The number of hydrogen-bond acceptors (Lipinski definition) is 1. The summed E-state index contributed by atoms with van der Waals surface area (Å²) in [5, 5.41) is 0. The highest BCUT2D eigenvalue weighted by atomic mass is 15.1. The van der Waals surface area contributed by atoms with E-state index in [0.29, 0.717) is 5.41 Å². The molecule has 15 heavy (non-hydrogen) atoms. The van der Waals surface area contributed by atoms with E-state index in [9.17, 15) is 0 Å². The molecule has 0 N–H and O–H groups in total. The van der Waals surface area contributed by atoms with E-state index in [4.69, 9.17) is 0 Å². The summed E-state index contributed by atoms with van der Waals surface area (Å²) in [4.78, 5) is 2.50. The second-order valence-corrected chi connectivity index (χ2v) is 5.85. The predicted molar refractivity (Wildman–Crippen MR) is 65.9 cm³/mol. The molecule has 86 valence electrons. The van der Waals surface area contributed by atoms with Gasteiger partial charge < -0.3 is 4.90 Å². The average molecular weight is 207 g/mol. The van der Waals surface area contributed by atoms with Gasteiger partial charge in [-0.25, -0.2) is 0 Å². The lowest BCUT2D eigenvalue weighted by molar-refractivity contribution is 0.272. The van der Waals surface area contributed by atoms with E-state index in [1.54, 1.807) is 11.1 Å². The minimum Gasteiger partial charge on any atom is -0.306 e. The van der Waals surface area contributed by atoms with Crippen LogP contribution in [0.5, 0.6) is 0 Å². The van der Waals surface area contributed by atoms with E-state index in [1.807, 2.05) is 0 Å². The molecule has 1 aliphatic carbocycles. The van der Waals surface area contributed by atoms with Crippen LogP contribution in [0.4, 0.5) is 0 Å². The van der Waals surface area contributed by atoms with Gasteiger partial charge in [0.15, 0.2) is 0 Å². The maximum absolute atomic E-state index is 2.50. The molecule has 0 aromatic rings. The van der Waals surface area contributed by atoms with Crippen LogP contribution >= 0.6 is 0 Å². The lowest BCUT2D eigenvalue weighted by Gasteiger charge is -2.30. The van der Waals surface area contributed by atoms with E-state index in [-0.39, 0.29) is 0 Å². The van der Waals surface area contributed by atoms with Crippen LogP contribution in [0.25, 0.3) is 0 Å². The lowest BCUT2D eigenvalue weighted by atomic mass is 9.74. The minimum atomic E-state index is 0.578. The molecule has 2 unspecified atom stereocenters. The van der Waals surface area contributed by atoms with Crippen LogP contribution in [-0.2, 0) is 0 Å². The second kappa shape index (κ2) is 3.93. The first kappa shape index (κ1) is 11.2. The fraction of sp³-hybridized carbons (Fsp3) is 0.857. The molecule has 1 heterocycles. The van der Waals surface area contributed by atoms with Crippen molar-refractivity contribution < 1.29 is 0 Å². The Hall–Kier alpha value is -0.300. The van der Waals surface area contributed by atoms with Gasteiger partial charge in [-0.2, -0.15) is 0 Å². The molecule has 2 atom stereocenters. The number of likely N-dealkylation sites (tertiary alicyclic amines) is 1. The third kappa shape index (κ3) is 1.87. The van der Waals surface area contributed by atoms with Gasteiger partial charge in [-0.15, -0.1) is 0 Å². The Morgan fingerprint density at radius 1 is 1.20 bits per heavy atom. The molecule has 0 aromatic carbocycles. The zero-order chi connectivity index (χ0) is 11.1. The van der Waals surface area contributed by atoms with Crippen molar-refractivity contribution in [2.45, 2.75) is 46.5 Å². The van der Waals surface area contributed by atoms with Crippen LogP contribution in [0.3, 0.4) is 0 Å². The van der Waals surface area contributed by atoms with E-state index >= 15 is 0 Å². The molecule has 1 saturated heterocycles. The normalized spacial score (nSPS) is 38.8. The van der Waals surface area contributed by atoms with Crippen LogP contribution in [-0.4, -0.2) is 25.0 Å². The monoisotopic (exact) mass is 207 g/mol. The van der Waals surface area contributed by atoms with Crippen molar-refractivity contribution in [1.82, 2.24) is 4.90 Å². The van der Waals surface area contributed by atoms with E-state index in [1.165, 1.54) is 38.8 Å². The summed E-state index contributed by atoms with van der Waals surface area (Å²) in [6, 6.07) is 0. The van der Waals surface area contributed by atoms with Crippen molar-refractivity contribution in [3.05, 3.63) is 11.1 Å². The van der Waals surface area contributed by atoms with Gasteiger partial charge in [-0.1, -0.05) is 18.1 Å². The van der Waals surface area contributed by atoms with Crippen LogP contribution in [0.2, 0.25) is 0 Å². The van der Waals surface area contributed by atoms with Gasteiger partial charge in [-0.3, -0.25) is 0 Å². The summed E-state index contributed by atoms with van der Waals surface area (Å²) in [7, 11) is 2.27. The molecule has 0 radical (unpaired) electrons. The molecule has 1 nitrogen and oxygen atoms in total. The van der Waals surface area contributed by atoms with Crippen molar-refractivity contribution in [2.75, 3.05) is 20.1 Å². The summed E-state index contributed by atoms with van der Waals surface area (Å²) >= 11 is 0. The highest BCUT2D eigenvalue weighted by Gasteiger charge is 2.40. The average Bonchev–Trinajstić information content (AvgIpc) is 2.39. The lowest BCUT2D eigenvalue weighted by Crippen LogP contribution is -2.23. The Morgan fingerprint density at radius 2 is 1.93 bits per heavy atom. The van der Waals surface area contributed by atoms with Crippen molar-refractivity contribution in [2.24, 2.45) is 11.3 Å². The maximum atomic E-state index is 2.50. The van der Waals surface area contributed by atoms with Gasteiger partial charge in [-0.05, 0) is 71.0 Å². The van der Waals surface area contributed by atoms with Crippen LogP contribution in [0.15, 0.2) is 11.1 Å². The van der Waals surface area contributed by atoms with Gasteiger partial charge in [0.25, 0.3) is 0 Å². The maximum Gasteiger partial charge on any atom is -0.00134 e. The van der Waals surface area contributed by atoms with Gasteiger partial charge >= 0.3 is 0 Å². The molecule has 0 bridgehead atoms. The molecule has 1 heteroatoms. The highest BCUT2D eigenvalue weighted by molar-refractivity contribution is 5.27. The fourth-order valence-corrected chi connectivity index (χ4v) is 3.59. The van der Waals surface area contributed by atoms with Crippen molar-refractivity contribution in [3.63, 3.8) is 0 Å². The number of hydrogen-bond donors (Lipinski definition) is 0. The number of allylic oxidation sites excluding steroid dienone is 2. The predicted octanol–water partition coefficient (Wildman–Crippen LogP) is 3.46. The molecule has 0 aromatic heterocycles. The highest BCUT2D eigenvalue weighted by Crippen LogP contribution is 2.51. The summed E-state index contributed by atoms with van der Waals surface area (Å²) in [6.07, 6.45) is 5.61. The molecule has 2 rings (SSSR count).